The van der Waals surface area contributed by atoms with Crippen LogP contribution in [-0.2, 0) is 11.5 Å². The molecule has 4 nitrogen and oxygen atoms in total. The number of ether oxygens (including phenoxy) is 1. The van der Waals surface area contributed by atoms with Crippen LogP contribution in [0.4, 0.5) is 5.82 Å². The maximum atomic E-state index is 6.04. The normalized spacial score (nSPS) is 11.6. The Labute approximate surface area is 191 Å². The monoisotopic (exact) mass is 441 g/mol. The first kappa shape index (κ1) is 22.2. The molecule has 2 heterocycles. The molecule has 0 unspecified atom stereocenters. The second-order valence-corrected chi connectivity index (χ2v) is 15.0. The highest BCUT2D eigenvalue weighted by Gasteiger charge is 2.13. The minimum absolute atomic E-state index is 0.553. The lowest BCUT2D eigenvalue weighted by Crippen LogP contribution is -2.22. The summed E-state index contributed by atoms with van der Waals surface area (Å²) in [6.45, 7) is 10.6. The van der Waals surface area contributed by atoms with Gasteiger partial charge in [-0.05, 0) is 19.0 Å². The maximum Gasteiger partial charge on any atom is 0.154 e. The number of aliphatic imine (C=N–C) groups is 1. The zero-order valence-corrected chi connectivity index (χ0v) is 20.4. The van der Waals surface area contributed by atoms with Crippen LogP contribution in [0.1, 0.15) is 16.8 Å². The van der Waals surface area contributed by atoms with Crippen LogP contribution in [0.25, 0.3) is 10.9 Å². The van der Waals surface area contributed by atoms with Crippen molar-refractivity contribution in [2.24, 2.45) is 4.99 Å². The van der Waals surface area contributed by atoms with Crippen molar-refractivity contribution < 1.29 is 4.74 Å². The fourth-order valence-electron chi connectivity index (χ4n) is 3.65. The first-order valence-corrected chi connectivity index (χ1v) is 14.8. The number of hydrogen-bond donors (Lipinski definition) is 0. The highest BCUT2D eigenvalue weighted by molar-refractivity contribution is 6.76. The Kier molecular flexibility index (Phi) is 6.68. The highest BCUT2D eigenvalue weighted by atomic mass is 28.3. The Balaban J connectivity index is 1.68. The number of hydrogen-bond acceptors (Lipinski definition) is 3. The zero-order chi connectivity index (χ0) is 22.6. The Hall–Kier alpha value is -3.02. The summed E-state index contributed by atoms with van der Waals surface area (Å²) in [5, 5.41) is 1.11. The fourth-order valence-corrected chi connectivity index (χ4v) is 4.41. The van der Waals surface area contributed by atoms with Gasteiger partial charge in [0.05, 0.1) is 11.2 Å². The van der Waals surface area contributed by atoms with Crippen molar-refractivity contribution in [3.05, 3.63) is 95.8 Å². The molecule has 0 saturated carbocycles. The molecule has 0 N–H and O–H groups in total. The summed E-state index contributed by atoms with van der Waals surface area (Å²) < 4.78 is 8.26. The number of benzene rings is 2. The van der Waals surface area contributed by atoms with Gasteiger partial charge in [0.1, 0.15) is 6.73 Å². The molecule has 32 heavy (non-hydrogen) atoms. The van der Waals surface area contributed by atoms with E-state index >= 15 is 0 Å². The number of aromatic nitrogens is 2. The van der Waals surface area contributed by atoms with Gasteiger partial charge in [0, 0.05) is 49.2 Å². The average Bonchev–Trinajstić information content (AvgIpc) is 3.10. The van der Waals surface area contributed by atoms with Crippen LogP contribution in [0.3, 0.4) is 0 Å². The van der Waals surface area contributed by atoms with Gasteiger partial charge < -0.3 is 9.30 Å². The maximum absolute atomic E-state index is 6.04. The van der Waals surface area contributed by atoms with Gasteiger partial charge in [-0.1, -0.05) is 80.3 Å². The molecule has 4 rings (SSSR count). The second-order valence-electron chi connectivity index (χ2n) is 9.36. The lowest BCUT2D eigenvalue weighted by molar-refractivity contribution is 0.0890. The Morgan fingerprint density at radius 3 is 2.16 bits per heavy atom. The van der Waals surface area contributed by atoms with Crippen LogP contribution in [0.15, 0.2) is 84.0 Å². The molecule has 0 radical (unpaired) electrons. The Bertz CT molecular complexity index is 1170. The molecule has 0 aliphatic rings. The summed E-state index contributed by atoms with van der Waals surface area (Å²) in [6.07, 6.45) is 1.91. The zero-order valence-electron chi connectivity index (χ0n) is 19.4. The first-order chi connectivity index (χ1) is 15.4. The molecule has 0 saturated heterocycles. The lowest BCUT2D eigenvalue weighted by Gasteiger charge is -2.16. The molecular weight excluding hydrogens is 410 g/mol. The van der Waals surface area contributed by atoms with Gasteiger partial charge in [0.2, 0.25) is 0 Å². The molecule has 0 amide bonds. The van der Waals surface area contributed by atoms with Gasteiger partial charge in [-0.25, -0.2) is 9.98 Å². The van der Waals surface area contributed by atoms with Crippen LogP contribution in [0, 0.1) is 6.92 Å². The van der Waals surface area contributed by atoms with E-state index in [1.807, 2.05) is 42.6 Å². The van der Waals surface area contributed by atoms with Gasteiger partial charge in [-0.2, -0.15) is 0 Å². The van der Waals surface area contributed by atoms with Crippen LogP contribution < -0.4 is 0 Å². The van der Waals surface area contributed by atoms with Crippen LogP contribution in [0.5, 0.6) is 0 Å². The molecule has 5 heteroatoms. The van der Waals surface area contributed by atoms with Crippen molar-refractivity contribution in [3.63, 3.8) is 0 Å². The summed E-state index contributed by atoms with van der Waals surface area (Å²) in [6, 6.07) is 25.9. The molecule has 0 bridgehead atoms. The van der Waals surface area contributed by atoms with Gasteiger partial charge >= 0.3 is 0 Å². The minimum atomic E-state index is -1.10. The van der Waals surface area contributed by atoms with Gasteiger partial charge in [-0.15, -0.1) is 0 Å². The molecule has 0 aliphatic heterocycles. The highest BCUT2D eigenvalue weighted by Crippen LogP contribution is 2.24. The van der Waals surface area contributed by atoms with E-state index in [0.29, 0.717) is 12.5 Å². The largest absolute Gasteiger partial charge is 0.361 e. The summed E-state index contributed by atoms with van der Waals surface area (Å²) in [5.41, 5.74) is 5.33. The number of nitrogens with zero attached hydrogens (tertiary/aromatic N) is 3. The van der Waals surface area contributed by atoms with E-state index in [-0.39, 0.29) is 0 Å². The Morgan fingerprint density at radius 1 is 0.938 bits per heavy atom. The standard InChI is InChI=1S/C27H31N3OSi/c1-21-17-24-19-28-26(18-25(24)30(21)20-31-15-16-32(2,3)4)29-27(22-11-7-5-8-12-22)23-13-9-6-10-14-23/h5-14,17-19H,15-16,20H2,1-4H3. The summed E-state index contributed by atoms with van der Waals surface area (Å²) >= 11 is 0. The van der Waals surface area contributed by atoms with E-state index in [1.54, 1.807) is 0 Å². The lowest BCUT2D eigenvalue weighted by atomic mass is 10.0. The molecular formula is C27H31N3OSi. The van der Waals surface area contributed by atoms with Crippen molar-refractivity contribution in [2.75, 3.05) is 6.61 Å². The smallest absolute Gasteiger partial charge is 0.154 e. The number of rotatable bonds is 8. The number of pyridine rings is 1. The van der Waals surface area contributed by atoms with E-state index in [4.69, 9.17) is 9.73 Å². The third-order valence-corrected chi connectivity index (χ3v) is 7.22. The van der Waals surface area contributed by atoms with Gasteiger partial charge in [0.25, 0.3) is 0 Å². The first-order valence-electron chi connectivity index (χ1n) is 11.1. The minimum Gasteiger partial charge on any atom is -0.361 e. The van der Waals surface area contributed by atoms with Crippen molar-refractivity contribution >= 4 is 30.5 Å². The predicted octanol–water partition coefficient (Wildman–Crippen LogP) is 6.83. The second kappa shape index (κ2) is 9.63. The van der Waals surface area contributed by atoms with Crippen molar-refractivity contribution in [1.82, 2.24) is 9.55 Å². The third kappa shape index (κ3) is 5.42. The molecule has 0 spiro atoms. The summed E-state index contributed by atoms with van der Waals surface area (Å²) in [5.74, 6) is 0.696. The quantitative estimate of drug-likeness (QED) is 0.171. The number of aryl methyl sites for hydroxylation is 1. The molecule has 2 aromatic carbocycles. The van der Waals surface area contributed by atoms with Crippen LogP contribution >= 0.6 is 0 Å². The van der Waals surface area contributed by atoms with E-state index in [1.165, 1.54) is 11.7 Å². The molecule has 2 aromatic heterocycles. The third-order valence-electron chi connectivity index (χ3n) is 5.52. The number of fused-ring (bicyclic) bond motifs is 1. The predicted molar refractivity (Wildman–Crippen MR) is 137 cm³/mol. The van der Waals surface area contributed by atoms with E-state index in [0.717, 1.165) is 34.3 Å². The molecule has 0 aliphatic carbocycles. The van der Waals surface area contributed by atoms with Crippen LogP contribution in [0.2, 0.25) is 25.7 Å². The van der Waals surface area contributed by atoms with Crippen molar-refractivity contribution in [3.8, 4) is 0 Å². The van der Waals surface area contributed by atoms with E-state index in [2.05, 4.69) is 72.5 Å². The molecule has 164 valence electrons. The van der Waals surface area contributed by atoms with E-state index < -0.39 is 8.07 Å². The van der Waals surface area contributed by atoms with Crippen molar-refractivity contribution in [2.45, 2.75) is 39.3 Å². The van der Waals surface area contributed by atoms with Gasteiger partial charge in [-0.3, -0.25) is 0 Å². The molecule has 0 atom stereocenters. The van der Waals surface area contributed by atoms with E-state index in [9.17, 15) is 0 Å². The summed E-state index contributed by atoms with van der Waals surface area (Å²) in [7, 11) is -1.10. The topological polar surface area (TPSA) is 39.4 Å². The van der Waals surface area contributed by atoms with Gasteiger partial charge in [0.15, 0.2) is 5.82 Å². The molecule has 4 aromatic rings. The SMILES string of the molecule is Cc1cc2cnc(N=C(c3ccccc3)c3ccccc3)cc2n1COCC[Si](C)(C)C. The Morgan fingerprint density at radius 2 is 1.56 bits per heavy atom. The van der Waals surface area contributed by atoms with Crippen LogP contribution in [-0.4, -0.2) is 29.9 Å². The van der Waals surface area contributed by atoms with Crippen molar-refractivity contribution in [1.29, 1.82) is 0 Å². The summed E-state index contributed by atoms with van der Waals surface area (Å²) in [4.78, 5) is 9.63. The fraction of sp³-hybridized carbons (Fsp3) is 0.259. The molecule has 0 fully saturated rings. The average molecular weight is 442 g/mol.